The van der Waals surface area contributed by atoms with Gasteiger partial charge in [-0.1, -0.05) is 0 Å². The Bertz CT molecular complexity index is 215. The minimum atomic E-state index is -1.66. The Kier molecular flexibility index (Phi) is 3.27. The largest absolute Gasteiger partial charge is 0.389 e. The van der Waals surface area contributed by atoms with Crippen LogP contribution in [0.2, 0.25) is 0 Å². The Morgan fingerprint density at radius 2 is 1.50 bits per heavy atom. The van der Waals surface area contributed by atoms with Gasteiger partial charge in [0.2, 0.25) is 0 Å². The summed E-state index contributed by atoms with van der Waals surface area (Å²) in [5.74, 6) is -1.81. The van der Waals surface area contributed by atoms with Crippen LogP contribution in [0, 0.1) is 5.41 Å². The lowest BCUT2D eigenvalue weighted by atomic mass is 9.78. The number of ketones is 3. The molecule has 0 aliphatic carbocycles. The van der Waals surface area contributed by atoms with Crippen molar-refractivity contribution in [2.24, 2.45) is 5.41 Å². The molecule has 1 N–H and O–H groups in total. The molecule has 0 saturated heterocycles. The van der Waals surface area contributed by atoms with Gasteiger partial charge in [0, 0.05) is 0 Å². The van der Waals surface area contributed by atoms with Gasteiger partial charge in [0.25, 0.3) is 0 Å². The van der Waals surface area contributed by atoms with Crippen molar-refractivity contribution in [3.05, 3.63) is 0 Å². The van der Waals surface area contributed by atoms with Crippen molar-refractivity contribution in [1.82, 2.24) is 0 Å². The topological polar surface area (TPSA) is 71.4 Å². The molecule has 0 rings (SSSR count). The van der Waals surface area contributed by atoms with Crippen LogP contribution in [0.3, 0.4) is 0 Å². The van der Waals surface area contributed by atoms with Crippen molar-refractivity contribution in [3.8, 4) is 0 Å². The average molecular weight is 172 g/mol. The molecule has 0 fully saturated rings. The molecule has 0 heterocycles. The first-order valence-corrected chi connectivity index (χ1v) is 3.53. The summed E-state index contributed by atoms with van der Waals surface area (Å²) in [6, 6.07) is 0. The Hall–Kier alpha value is -1.03. The fourth-order valence-corrected chi connectivity index (χ4v) is 0.799. The minimum absolute atomic E-state index is 0.533. The Morgan fingerprint density at radius 1 is 1.17 bits per heavy atom. The van der Waals surface area contributed by atoms with E-state index in [1.165, 1.54) is 6.92 Å². The second-order valence-electron chi connectivity index (χ2n) is 2.82. The third-order valence-electron chi connectivity index (χ3n) is 2.11. The summed E-state index contributed by atoms with van der Waals surface area (Å²) in [6.45, 7) is 2.77. The van der Waals surface area contributed by atoms with Crippen LogP contribution < -0.4 is 0 Å². The van der Waals surface area contributed by atoms with E-state index in [4.69, 9.17) is 5.11 Å². The fourth-order valence-electron chi connectivity index (χ4n) is 0.799. The van der Waals surface area contributed by atoms with Crippen molar-refractivity contribution in [3.63, 3.8) is 0 Å². The monoisotopic (exact) mass is 172 g/mol. The molecular formula is C8H12O4. The van der Waals surface area contributed by atoms with E-state index in [9.17, 15) is 14.4 Å². The normalized spacial score (nSPS) is 11.0. The number of rotatable bonds is 4. The molecule has 0 aromatic carbocycles. The third kappa shape index (κ3) is 1.58. The minimum Gasteiger partial charge on any atom is -0.389 e. The second kappa shape index (κ2) is 3.58. The van der Waals surface area contributed by atoms with Crippen LogP contribution in [0.1, 0.15) is 20.8 Å². The lowest BCUT2D eigenvalue weighted by Gasteiger charge is -2.20. The highest BCUT2D eigenvalue weighted by atomic mass is 16.3. The van der Waals surface area contributed by atoms with Gasteiger partial charge in [-0.3, -0.25) is 14.4 Å². The first-order chi connectivity index (χ1) is 5.37. The zero-order valence-electron chi connectivity index (χ0n) is 7.38. The summed E-state index contributed by atoms with van der Waals surface area (Å²) < 4.78 is 0. The number of hydrogen-bond donors (Lipinski definition) is 1. The molecule has 0 atom stereocenters. The van der Waals surface area contributed by atoms with Crippen LogP contribution in [0.4, 0.5) is 0 Å². The van der Waals surface area contributed by atoms with E-state index < -0.39 is 29.4 Å². The molecule has 0 bridgehead atoms. The first kappa shape index (κ1) is 11.0. The van der Waals surface area contributed by atoms with Crippen LogP contribution >= 0.6 is 0 Å². The molecular weight excluding hydrogens is 160 g/mol. The van der Waals surface area contributed by atoms with Crippen LogP contribution in [0.25, 0.3) is 0 Å². The lowest BCUT2D eigenvalue weighted by molar-refractivity contribution is -0.147. The Morgan fingerprint density at radius 3 is 1.58 bits per heavy atom. The number of hydrogen-bond acceptors (Lipinski definition) is 4. The molecule has 0 aromatic rings. The summed E-state index contributed by atoms with van der Waals surface area (Å²) in [5, 5.41) is 8.51. The van der Waals surface area contributed by atoms with Gasteiger partial charge in [0.15, 0.2) is 17.3 Å². The van der Waals surface area contributed by atoms with Gasteiger partial charge in [-0.15, -0.1) is 0 Å². The van der Waals surface area contributed by atoms with Gasteiger partial charge in [-0.05, 0) is 20.8 Å². The molecule has 0 saturated carbocycles. The van der Waals surface area contributed by atoms with Crippen LogP contribution in [-0.2, 0) is 14.4 Å². The van der Waals surface area contributed by atoms with Gasteiger partial charge in [-0.25, -0.2) is 0 Å². The Labute approximate surface area is 70.6 Å². The van der Waals surface area contributed by atoms with Crippen LogP contribution in [-0.4, -0.2) is 29.1 Å². The Balaban J connectivity index is 5.01. The summed E-state index contributed by atoms with van der Waals surface area (Å²) in [4.78, 5) is 32.9. The fraction of sp³-hybridized carbons (Fsp3) is 0.625. The molecule has 0 aromatic heterocycles. The molecule has 4 nitrogen and oxygen atoms in total. The van der Waals surface area contributed by atoms with Gasteiger partial charge in [-0.2, -0.15) is 0 Å². The van der Waals surface area contributed by atoms with E-state index in [1.54, 1.807) is 0 Å². The number of carbonyl (C=O) groups is 3. The maximum Gasteiger partial charge on any atom is 0.178 e. The predicted molar refractivity (Wildman–Crippen MR) is 41.6 cm³/mol. The van der Waals surface area contributed by atoms with Gasteiger partial charge < -0.3 is 5.11 Å². The molecule has 0 amide bonds. The average Bonchev–Trinajstić information content (AvgIpc) is 2.00. The van der Waals surface area contributed by atoms with Gasteiger partial charge >= 0.3 is 0 Å². The highest BCUT2D eigenvalue weighted by molar-refractivity contribution is 6.23. The maximum atomic E-state index is 11.0. The van der Waals surface area contributed by atoms with E-state index in [1.807, 2.05) is 0 Å². The van der Waals surface area contributed by atoms with E-state index >= 15 is 0 Å². The maximum absolute atomic E-state index is 11.0. The summed E-state index contributed by atoms with van der Waals surface area (Å²) in [5.41, 5.74) is -1.66. The van der Waals surface area contributed by atoms with Crippen molar-refractivity contribution in [1.29, 1.82) is 0 Å². The van der Waals surface area contributed by atoms with E-state index in [0.29, 0.717) is 0 Å². The lowest BCUT2D eigenvalue weighted by Crippen LogP contribution is -2.42. The quantitative estimate of drug-likeness (QED) is 0.592. The molecule has 0 radical (unpaired) electrons. The van der Waals surface area contributed by atoms with E-state index in [0.717, 1.165) is 13.8 Å². The summed E-state index contributed by atoms with van der Waals surface area (Å²) >= 11 is 0. The molecule has 0 aliphatic rings. The highest BCUT2D eigenvalue weighted by Crippen LogP contribution is 2.20. The first-order valence-electron chi connectivity index (χ1n) is 3.53. The van der Waals surface area contributed by atoms with Crippen LogP contribution in [0.5, 0.6) is 0 Å². The molecule has 0 unspecified atom stereocenters. The van der Waals surface area contributed by atoms with Crippen molar-refractivity contribution in [2.75, 3.05) is 6.61 Å². The van der Waals surface area contributed by atoms with Crippen molar-refractivity contribution >= 4 is 17.3 Å². The molecule has 68 valence electrons. The van der Waals surface area contributed by atoms with Gasteiger partial charge in [0.1, 0.15) is 12.0 Å². The number of aliphatic hydroxyl groups excluding tert-OH is 1. The predicted octanol–water partition coefficient (Wildman–Crippen LogP) is -0.268. The van der Waals surface area contributed by atoms with Crippen molar-refractivity contribution in [2.45, 2.75) is 20.8 Å². The van der Waals surface area contributed by atoms with Gasteiger partial charge in [0.05, 0.1) is 0 Å². The summed E-state index contributed by atoms with van der Waals surface area (Å²) in [6.07, 6.45) is 0. The zero-order chi connectivity index (χ0) is 9.94. The smallest absolute Gasteiger partial charge is 0.178 e. The second-order valence-corrected chi connectivity index (χ2v) is 2.82. The summed E-state index contributed by atoms with van der Waals surface area (Å²) in [7, 11) is 0. The number of Topliss-reactive ketones (excluding diaryl/α,β-unsaturated/α-hetero) is 3. The van der Waals surface area contributed by atoms with E-state index in [2.05, 4.69) is 0 Å². The van der Waals surface area contributed by atoms with Crippen LogP contribution in [0.15, 0.2) is 0 Å². The molecule has 4 heteroatoms. The highest BCUT2D eigenvalue weighted by Gasteiger charge is 2.41. The number of carbonyl (C=O) groups excluding carboxylic acids is 3. The van der Waals surface area contributed by atoms with Crippen molar-refractivity contribution < 1.29 is 19.5 Å². The zero-order valence-corrected chi connectivity index (χ0v) is 7.38. The van der Waals surface area contributed by atoms with E-state index in [-0.39, 0.29) is 0 Å². The molecule has 0 aliphatic heterocycles. The molecule has 12 heavy (non-hydrogen) atoms. The standard InChI is InChI=1S/C8H12O4/c1-5(10)8(3,6(2)11)7(12)4-9/h9H,4H2,1-3H3. The third-order valence-corrected chi connectivity index (χ3v) is 2.11. The molecule has 0 spiro atoms. The number of aliphatic hydroxyl groups is 1. The SMILES string of the molecule is CC(=O)C(C)(C(C)=O)C(=O)CO.